The van der Waals surface area contributed by atoms with Crippen molar-refractivity contribution in [2.75, 3.05) is 26.1 Å². The highest BCUT2D eigenvalue weighted by Crippen LogP contribution is 2.35. The second-order valence-corrected chi connectivity index (χ2v) is 7.04. The average molecular weight is 448 g/mol. The molecule has 2 heterocycles. The highest BCUT2D eigenvalue weighted by molar-refractivity contribution is 6.32. The van der Waals surface area contributed by atoms with E-state index in [9.17, 15) is 9.59 Å². The normalized spacial score (nSPS) is 10.7. The number of hydrogen-bond acceptors (Lipinski definition) is 8. The minimum absolute atomic E-state index is 0.0922. The van der Waals surface area contributed by atoms with Gasteiger partial charge in [0.25, 0.3) is 11.7 Å². The third-order valence-corrected chi connectivity index (χ3v) is 4.98. The van der Waals surface area contributed by atoms with Crippen molar-refractivity contribution in [3.8, 4) is 11.5 Å². The van der Waals surface area contributed by atoms with Gasteiger partial charge in [0.2, 0.25) is 0 Å². The molecular formula is C20H22ClN5O5. The number of amides is 1. The van der Waals surface area contributed by atoms with Crippen molar-refractivity contribution in [1.82, 2.24) is 19.6 Å². The zero-order chi connectivity index (χ0) is 22.5. The molecule has 1 aromatic carbocycles. The van der Waals surface area contributed by atoms with Crippen LogP contribution in [0, 0.1) is 13.8 Å². The van der Waals surface area contributed by atoms with Crippen molar-refractivity contribution >= 4 is 34.9 Å². The molecule has 2 aromatic heterocycles. The summed E-state index contributed by atoms with van der Waals surface area (Å²) in [6, 6.07) is 3.05. The maximum Gasteiger partial charge on any atom is 0.306 e. The summed E-state index contributed by atoms with van der Waals surface area (Å²) in [6.45, 7) is 3.30. The van der Waals surface area contributed by atoms with Gasteiger partial charge in [0, 0.05) is 29.9 Å². The lowest BCUT2D eigenvalue weighted by Gasteiger charge is -2.13. The fourth-order valence-corrected chi connectivity index (χ4v) is 3.34. The molecule has 0 unspecified atom stereocenters. The number of halogens is 1. The predicted octanol–water partition coefficient (Wildman–Crippen LogP) is 2.53. The Hall–Kier alpha value is -3.40. The van der Waals surface area contributed by atoms with Gasteiger partial charge in [0.15, 0.2) is 6.61 Å². The number of nitrogens with one attached hydrogen (secondary N) is 1. The Bertz CT molecular complexity index is 1130. The highest BCUT2D eigenvalue weighted by Gasteiger charge is 2.16. The average Bonchev–Trinajstić information content (AvgIpc) is 3.21. The number of aromatic nitrogens is 4. The zero-order valence-corrected chi connectivity index (χ0v) is 18.3. The molecular weight excluding hydrogens is 426 g/mol. The Morgan fingerprint density at radius 3 is 2.61 bits per heavy atom. The van der Waals surface area contributed by atoms with Gasteiger partial charge < -0.3 is 19.5 Å². The molecule has 0 fully saturated rings. The lowest BCUT2D eigenvalue weighted by molar-refractivity contribution is -0.147. The molecule has 11 heteroatoms. The summed E-state index contributed by atoms with van der Waals surface area (Å²) in [5.41, 5.74) is 2.86. The number of anilines is 1. The molecule has 164 valence electrons. The number of carbonyl (C=O) groups is 2. The van der Waals surface area contributed by atoms with Crippen molar-refractivity contribution in [1.29, 1.82) is 0 Å². The maximum atomic E-state index is 12.2. The number of esters is 1. The van der Waals surface area contributed by atoms with Gasteiger partial charge in [-0.2, -0.15) is 10.1 Å². The van der Waals surface area contributed by atoms with E-state index in [2.05, 4.69) is 20.4 Å². The fraction of sp³-hybridized carbons (Fsp3) is 0.350. The van der Waals surface area contributed by atoms with Gasteiger partial charge in [-0.25, -0.2) is 9.50 Å². The molecule has 0 bridgehead atoms. The van der Waals surface area contributed by atoms with Gasteiger partial charge in [-0.15, -0.1) is 0 Å². The molecule has 0 aliphatic rings. The van der Waals surface area contributed by atoms with E-state index in [1.54, 1.807) is 4.52 Å². The Morgan fingerprint density at radius 1 is 1.16 bits per heavy atom. The van der Waals surface area contributed by atoms with E-state index in [-0.39, 0.29) is 6.42 Å². The highest BCUT2D eigenvalue weighted by atomic mass is 35.5. The molecule has 3 aromatic rings. The number of carbonyl (C=O) groups excluding carboxylic acids is 2. The number of benzene rings is 1. The second-order valence-electron chi connectivity index (χ2n) is 6.63. The Labute approximate surface area is 183 Å². The number of nitrogens with zero attached hydrogens (tertiary/aromatic N) is 4. The van der Waals surface area contributed by atoms with Crippen LogP contribution in [-0.4, -0.2) is 52.3 Å². The molecule has 1 N–H and O–H groups in total. The summed E-state index contributed by atoms with van der Waals surface area (Å²) >= 11 is 6.05. The molecule has 3 rings (SSSR count). The van der Waals surface area contributed by atoms with E-state index in [0.29, 0.717) is 34.4 Å². The van der Waals surface area contributed by atoms with Crippen LogP contribution >= 0.6 is 11.6 Å². The number of fused-ring (bicyclic) bond motifs is 1. The molecule has 0 spiro atoms. The van der Waals surface area contributed by atoms with Gasteiger partial charge in [0.1, 0.15) is 17.8 Å². The lowest BCUT2D eigenvalue weighted by Crippen LogP contribution is -2.21. The van der Waals surface area contributed by atoms with Crippen molar-refractivity contribution in [3.05, 3.63) is 40.4 Å². The molecule has 10 nitrogen and oxygen atoms in total. The van der Waals surface area contributed by atoms with E-state index in [1.807, 2.05) is 13.8 Å². The number of hydrogen-bond donors (Lipinski definition) is 1. The van der Waals surface area contributed by atoms with Crippen LogP contribution in [-0.2, 0) is 20.7 Å². The van der Waals surface area contributed by atoms with E-state index in [4.69, 9.17) is 25.8 Å². The molecule has 0 aliphatic carbocycles. The number of methoxy groups -OCH3 is 2. The second kappa shape index (κ2) is 9.61. The Morgan fingerprint density at radius 2 is 1.90 bits per heavy atom. The molecule has 0 radical (unpaired) electrons. The third-order valence-electron chi connectivity index (χ3n) is 4.68. The SMILES string of the molecule is COc1cc(NC(=O)COC(=O)CCc2c(C)nc3ncnn3c2C)c(OC)cc1Cl. The van der Waals surface area contributed by atoms with Crippen molar-refractivity contribution in [2.24, 2.45) is 0 Å². The van der Waals surface area contributed by atoms with Gasteiger partial charge in [-0.1, -0.05) is 11.6 Å². The van der Waals surface area contributed by atoms with Crippen LogP contribution in [0.15, 0.2) is 18.5 Å². The fourth-order valence-electron chi connectivity index (χ4n) is 3.11. The maximum absolute atomic E-state index is 12.2. The lowest BCUT2D eigenvalue weighted by atomic mass is 10.1. The summed E-state index contributed by atoms with van der Waals surface area (Å²) in [5.74, 6) is 0.209. The minimum Gasteiger partial charge on any atom is -0.495 e. The summed E-state index contributed by atoms with van der Waals surface area (Å²) in [5, 5.41) is 7.09. The van der Waals surface area contributed by atoms with E-state index >= 15 is 0 Å². The Balaban J connectivity index is 1.56. The van der Waals surface area contributed by atoms with Gasteiger partial charge in [0.05, 0.1) is 24.9 Å². The molecule has 0 saturated heterocycles. The largest absolute Gasteiger partial charge is 0.495 e. The van der Waals surface area contributed by atoms with Gasteiger partial charge in [-0.3, -0.25) is 9.59 Å². The summed E-state index contributed by atoms with van der Waals surface area (Å²) < 4.78 is 17.1. The van der Waals surface area contributed by atoms with Crippen molar-refractivity contribution < 1.29 is 23.8 Å². The smallest absolute Gasteiger partial charge is 0.306 e. The van der Waals surface area contributed by atoms with Crippen molar-refractivity contribution in [3.63, 3.8) is 0 Å². The summed E-state index contributed by atoms with van der Waals surface area (Å²) in [4.78, 5) is 32.8. The number of aryl methyl sites for hydroxylation is 2. The van der Waals surface area contributed by atoms with E-state index < -0.39 is 18.5 Å². The Kier molecular flexibility index (Phi) is 6.91. The first-order valence-electron chi connectivity index (χ1n) is 9.36. The topological polar surface area (TPSA) is 117 Å². The quantitative estimate of drug-likeness (QED) is 0.523. The van der Waals surface area contributed by atoms with E-state index in [0.717, 1.165) is 17.0 Å². The number of ether oxygens (including phenoxy) is 3. The summed E-state index contributed by atoms with van der Waals surface area (Å²) in [7, 11) is 2.91. The number of rotatable bonds is 8. The first kappa shape index (κ1) is 22.3. The van der Waals surface area contributed by atoms with Crippen LogP contribution in [0.2, 0.25) is 5.02 Å². The van der Waals surface area contributed by atoms with Crippen LogP contribution in [0.4, 0.5) is 5.69 Å². The standard InChI is InChI=1S/C20H22ClN5O5/c1-11-13(12(2)26-20(24-11)22-10-23-26)5-6-19(28)31-9-18(27)25-15-8-16(29-3)14(21)7-17(15)30-4/h7-8,10H,5-6,9H2,1-4H3,(H,25,27). The molecule has 0 atom stereocenters. The predicted molar refractivity (Wildman–Crippen MR) is 113 cm³/mol. The molecule has 31 heavy (non-hydrogen) atoms. The molecule has 0 saturated carbocycles. The first-order chi connectivity index (χ1) is 14.8. The van der Waals surface area contributed by atoms with Crippen LogP contribution in [0.1, 0.15) is 23.4 Å². The van der Waals surface area contributed by atoms with Gasteiger partial charge in [-0.05, 0) is 25.8 Å². The summed E-state index contributed by atoms with van der Waals surface area (Å²) in [6.07, 6.45) is 1.93. The first-order valence-corrected chi connectivity index (χ1v) is 9.74. The van der Waals surface area contributed by atoms with Crippen LogP contribution in [0.25, 0.3) is 5.78 Å². The monoisotopic (exact) mass is 447 g/mol. The molecule has 1 amide bonds. The van der Waals surface area contributed by atoms with Crippen LogP contribution in [0.5, 0.6) is 11.5 Å². The minimum atomic E-state index is -0.519. The van der Waals surface area contributed by atoms with Crippen molar-refractivity contribution in [2.45, 2.75) is 26.7 Å². The van der Waals surface area contributed by atoms with Crippen LogP contribution in [0.3, 0.4) is 0 Å². The van der Waals surface area contributed by atoms with Crippen LogP contribution < -0.4 is 14.8 Å². The zero-order valence-electron chi connectivity index (χ0n) is 17.6. The van der Waals surface area contributed by atoms with E-state index in [1.165, 1.54) is 32.7 Å². The third kappa shape index (κ3) is 5.02. The van der Waals surface area contributed by atoms with Gasteiger partial charge >= 0.3 is 5.97 Å². The molecule has 0 aliphatic heterocycles.